The fourth-order valence-electron chi connectivity index (χ4n) is 1.74. The number of ether oxygens (including phenoxy) is 1. The first-order valence-electron chi connectivity index (χ1n) is 5.85. The molecule has 0 amide bonds. The Hall–Kier alpha value is -2.26. The third kappa shape index (κ3) is 2.61. The molecule has 0 aliphatic heterocycles. The summed E-state index contributed by atoms with van der Waals surface area (Å²) in [6, 6.07) is 17.2. The number of halogens is 1. The molecular formula is C15H11ClN2O. The molecule has 94 valence electrons. The van der Waals surface area contributed by atoms with Crippen molar-refractivity contribution in [2.24, 2.45) is 0 Å². The van der Waals surface area contributed by atoms with Crippen molar-refractivity contribution in [3.8, 4) is 17.2 Å². The Morgan fingerprint density at radius 2 is 1.68 bits per heavy atom. The number of para-hydroxylation sites is 2. The second-order valence-electron chi connectivity index (χ2n) is 3.99. The summed E-state index contributed by atoms with van der Waals surface area (Å²) in [5.41, 5.74) is 0.983. The minimum atomic E-state index is 0.579. The lowest BCUT2D eigenvalue weighted by Gasteiger charge is -2.04. The highest BCUT2D eigenvalue weighted by atomic mass is 35.5. The number of hydrogen-bond acceptors (Lipinski definition) is 2. The zero-order valence-electron chi connectivity index (χ0n) is 10.0. The fraction of sp³-hybridized carbons (Fsp3) is 0. The van der Waals surface area contributed by atoms with E-state index in [1.807, 2.05) is 54.7 Å². The first kappa shape index (κ1) is 11.8. The lowest BCUT2D eigenvalue weighted by molar-refractivity contribution is 0.482. The van der Waals surface area contributed by atoms with Crippen molar-refractivity contribution >= 4 is 11.6 Å². The third-order valence-corrected chi connectivity index (χ3v) is 2.96. The first-order chi connectivity index (χ1) is 9.33. The van der Waals surface area contributed by atoms with Gasteiger partial charge in [0.1, 0.15) is 5.75 Å². The molecule has 0 saturated heterocycles. The zero-order chi connectivity index (χ0) is 13.1. The number of nitrogens with zero attached hydrogens (tertiary/aromatic N) is 2. The maximum absolute atomic E-state index is 6.05. The van der Waals surface area contributed by atoms with Gasteiger partial charge >= 0.3 is 0 Å². The van der Waals surface area contributed by atoms with E-state index in [-0.39, 0.29) is 0 Å². The topological polar surface area (TPSA) is 27.1 Å². The molecule has 3 rings (SSSR count). The van der Waals surface area contributed by atoms with Gasteiger partial charge in [0.2, 0.25) is 0 Å². The van der Waals surface area contributed by atoms with Crippen LogP contribution in [-0.2, 0) is 0 Å². The summed E-state index contributed by atoms with van der Waals surface area (Å²) in [5.74, 6) is 1.27. The monoisotopic (exact) mass is 270 g/mol. The molecule has 0 bridgehead atoms. The molecular weight excluding hydrogens is 260 g/mol. The Bertz CT molecular complexity index is 679. The molecule has 2 aromatic carbocycles. The summed E-state index contributed by atoms with van der Waals surface area (Å²) in [6.45, 7) is 0. The van der Waals surface area contributed by atoms with E-state index in [1.165, 1.54) is 0 Å². The van der Waals surface area contributed by atoms with Crippen LogP contribution < -0.4 is 4.74 Å². The lowest BCUT2D eigenvalue weighted by atomic mass is 10.3. The highest BCUT2D eigenvalue weighted by Gasteiger charge is 2.05. The van der Waals surface area contributed by atoms with Crippen LogP contribution in [0.4, 0.5) is 0 Å². The smallest absolute Gasteiger partial charge is 0.165 e. The van der Waals surface area contributed by atoms with E-state index in [1.54, 1.807) is 16.9 Å². The molecule has 3 nitrogen and oxygen atoms in total. The first-order valence-corrected chi connectivity index (χ1v) is 6.23. The largest absolute Gasteiger partial charge is 0.452 e. The number of rotatable bonds is 3. The van der Waals surface area contributed by atoms with Crippen molar-refractivity contribution in [2.45, 2.75) is 0 Å². The van der Waals surface area contributed by atoms with E-state index in [4.69, 9.17) is 16.3 Å². The van der Waals surface area contributed by atoms with Gasteiger partial charge < -0.3 is 4.74 Å². The van der Waals surface area contributed by atoms with Crippen molar-refractivity contribution < 1.29 is 4.74 Å². The highest BCUT2D eigenvalue weighted by Crippen LogP contribution is 2.28. The molecule has 3 aromatic rings. The van der Waals surface area contributed by atoms with Crippen molar-refractivity contribution in [2.75, 3.05) is 0 Å². The van der Waals surface area contributed by atoms with Crippen molar-refractivity contribution in [3.05, 3.63) is 72.0 Å². The molecule has 1 heterocycles. The average Bonchev–Trinajstić information content (AvgIpc) is 2.91. The van der Waals surface area contributed by atoms with Crippen LogP contribution in [0.2, 0.25) is 5.02 Å². The quantitative estimate of drug-likeness (QED) is 0.709. The summed E-state index contributed by atoms with van der Waals surface area (Å²) >= 11 is 6.05. The average molecular weight is 271 g/mol. The van der Waals surface area contributed by atoms with Crippen LogP contribution in [0.1, 0.15) is 0 Å². The van der Waals surface area contributed by atoms with Crippen LogP contribution >= 0.6 is 11.6 Å². The molecule has 0 radical (unpaired) electrons. The molecule has 0 spiro atoms. The van der Waals surface area contributed by atoms with Crippen molar-refractivity contribution in [1.82, 2.24) is 9.78 Å². The second kappa shape index (κ2) is 5.16. The predicted molar refractivity (Wildman–Crippen MR) is 75.1 cm³/mol. The molecule has 0 N–H and O–H groups in total. The number of hydrogen-bond donors (Lipinski definition) is 0. The van der Waals surface area contributed by atoms with E-state index < -0.39 is 0 Å². The van der Waals surface area contributed by atoms with Gasteiger partial charge in [-0.25, -0.2) is 4.68 Å². The molecule has 0 unspecified atom stereocenters. The fourth-order valence-corrected chi connectivity index (χ4v) is 1.91. The van der Waals surface area contributed by atoms with E-state index in [0.717, 1.165) is 5.69 Å². The van der Waals surface area contributed by atoms with Gasteiger partial charge in [-0.3, -0.25) is 0 Å². The maximum atomic E-state index is 6.05. The van der Waals surface area contributed by atoms with Crippen LogP contribution in [0, 0.1) is 0 Å². The highest BCUT2D eigenvalue weighted by molar-refractivity contribution is 6.32. The second-order valence-corrected chi connectivity index (χ2v) is 4.40. The Morgan fingerprint density at radius 3 is 2.47 bits per heavy atom. The molecule has 0 saturated carbocycles. The van der Waals surface area contributed by atoms with Gasteiger partial charge in [-0.1, -0.05) is 41.9 Å². The summed E-state index contributed by atoms with van der Waals surface area (Å²) in [5, 5.41) is 4.84. The summed E-state index contributed by atoms with van der Waals surface area (Å²) in [7, 11) is 0. The van der Waals surface area contributed by atoms with Crippen LogP contribution in [0.15, 0.2) is 67.0 Å². The Kier molecular flexibility index (Phi) is 3.21. The van der Waals surface area contributed by atoms with Gasteiger partial charge in [0.25, 0.3) is 0 Å². The minimum Gasteiger partial charge on any atom is -0.452 e. The van der Waals surface area contributed by atoms with Gasteiger partial charge in [-0.15, -0.1) is 0 Å². The molecule has 0 fully saturated rings. The van der Waals surface area contributed by atoms with Gasteiger partial charge in [0, 0.05) is 0 Å². The minimum absolute atomic E-state index is 0.579. The van der Waals surface area contributed by atoms with E-state index in [2.05, 4.69) is 5.10 Å². The number of aromatic nitrogens is 2. The molecule has 19 heavy (non-hydrogen) atoms. The molecule has 0 aliphatic rings. The molecule has 1 aromatic heterocycles. The summed E-state index contributed by atoms with van der Waals surface area (Å²) in [6.07, 6.45) is 3.48. The van der Waals surface area contributed by atoms with Crippen LogP contribution in [0.5, 0.6) is 11.5 Å². The van der Waals surface area contributed by atoms with Crippen LogP contribution in [0.25, 0.3) is 5.69 Å². The standard InChI is InChI=1S/C15H11ClN2O/c16-14-8-4-5-9-15(14)19-13-10-17-18(11-13)12-6-2-1-3-7-12/h1-11H. The summed E-state index contributed by atoms with van der Waals surface area (Å²) in [4.78, 5) is 0. The maximum Gasteiger partial charge on any atom is 0.165 e. The third-order valence-electron chi connectivity index (χ3n) is 2.64. The number of benzene rings is 2. The van der Waals surface area contributed by atoms with E-state index >= 15 is 0 Å². The van der Waals surface area contributed by atoms with E-state index in [0.29, 0.717) is 16.5 Å². The Labute approximate surface area is 116 Å². The molecule has 0 aliphatic carbocycles. The zero-order valence-corrected chi connectivity index (χ0v) is 10.8. The van der Waals surface area contributed by atoms with Gasteiger partial charge in [0.15, 0.2) is 5.75 Å². The van der Waals surface area contributed by atoms with Gasteiger partial charge in [-0.05, 0) is 24.3 Å². The van der Waals surface area contributed by atoms with E-state index in [9.17, 15) is 0 Å². The lowest BCUT2D eigenvalue weighted by Crippen LogP contribution is -1.92. The molecule has 4 heteroatoms. The van der Waals surface area contributed by atoms with Gasteiger partial charge in [0.05, 0.1) is 23.1 Å². The predicted octanol–water partition coefficient (Wildman–Crippen LogP) is 4.32. The van der Waals surface area contributed by atoms with Gasteiger partial charge in [-0.2, -0.15) is 5.10 Å². The molecule has 0 atom stereocenters. The van der Waals surface area contributed by atoms with Crippen LogP contribution in [-0.4, -0.2) is 9.78 Å². The Balaban J connectivity index is 1.85. The van der Waals surface area contributed by atoms with Crippen molar-refractivity contribution in [3.63, 3.8) is 0 Å². The Morgan fingerprint density at radius 1 is 0.947 bits per heavy atom. The summed E-state index contributed by atoms with van der Waals surface area (Å²) < 4.78 is 7.45. The van der Waals surface area contributed by atoms with Crippen molar-refractivity contribution in [1.29, 1.82) is 0 Å². The SMILES string of the molecule is Clc1ccccc1Oc1cnn(-c2ccccc2)c1. The van der Waals surface area contributed by atoms with Crippen LogP contribution in [0.3, 0.4) is 0 Å². The normalized spacial score (nSPS) is 10.4.